The minimum atomic E-state index is 0.803. The lowest BCUT2D eigenvalue weighted by molar-refractivity contribution is 0.227. The fourth-order valence-electron chi connectivity index (χ4n) is 2.14. The molecule has 1 aliphatic heterocycles. The lowest BCUT2D eigenvalue weighted by Crippen LogP contribution is -2.40. The fourth-order valence-corrected chi connectivity index (χ4v) is 3.22. The quantitative estimate of drug-likeness (QED) is 0.661. The molecule has 0 bridgehead atoms. The second kappa shape index (κ2) is 9.32. The van der Waals surface area contributed by atoms with Gasteiger partial charge in [0.05, 0.1) is 0 Å². The highest BCUT2D eigenvalue weighted by atomic mass is 32.2. The van der Waals surface area contributed by atoms with Crippen LogP contribution in [-0.4, -0.2) is 48.6 Å². The highest BCUT2D eigenvalue weighted by molar-refractivity contribution is 7.99. The maximum absolute atomic E-state index is 3.47. The predicted molar refractivity (Wildman–Crippen MR) is 75.4 cm³/mol. The van der Waals surface area contributed by atoms with E-state index in [1.165, 1.54) is 63.4 Å². The van der Waals surface area contributed by atoms with E-state index < -0.39 is 0 Å². The molecule has 0 amide bonds. The Hall–Kier alpha value is 0.270. The third-order valence-corrected chi connectivity index (χ3v) is 4.42. The molecule has 1 rings (SSSR count). The molecule has 1 atom stereocenters. The second-order valence-electron chi connectivity index (χ2n) is 4.77. The van der Waals surface area contributed by atoms with E-state index in [0.29, 0.717) is 0 Å². The third-order valence-electron chi connectivity index (χ3n) is 3.23. The predicted octanol–water partition coefficient (Wildman–Crippen LogP) is 2.59. The number of rotatable bonds is 8. The van der Waals surface area contributed by atoms with Crippen LogP contribution in [0.15, 0.2) is 0 Å². The largest absolute Gasteiger partial charge is 0.317 e. The van der Waals surface area contributed by atoms with Crippen LogP contribution >= 0.6 is 11.8 Å². The van der Waals surface area contributed by atoms with Crippen molar-refractivity contribution in [3.8, 4) is 0 Å². The van der Waals surface area contributed by atoms with Gasteiger partial charge in [-0.25, -0.2) is 0 Å². The molecule has 3 heteroatoms. The van der Waals surface area contributed by atoms with Crippen molar-refractivity contribution < 1.29 is 0 Å². The number of nitrogens with zero attached hydrogens (tertiary/aromatic N) is 1. The maximum atomic E-state index is 3.47. The topological polar surface area (TPSA) is 15.3 Å². The summed E-state index contributed by atoms with van der Waals surface area (Å²) in [5.41, 5.74) is 0. The Kier molecular flexibility index (Phi) is 8.34. The van der Waals surface area contributed by atoms with Gasteiger partial charge in [-0.2, -0.15) is 11.8 Å². The fraction of sp³-hybridized carbons (Fsp3) is 1.00. The minimum Gasteiger partial charge on any atom is -0.317 e. The molecule has 0 radical (unpaired) electrons. The van der Waals surface area contributed by atoms with Crippen molar-refractivity contribution in [3.05, 3.63) is 0 Å². The summed E-state index contributed by atoms with van der Waals surface area (Å²) in [6.07, 6.45) is 5.36. The van der Waals surface area contributed by atoms with Gasteiger partial charge in [-0.1, -0.05) is 13.3 Å². The lowest BCUT2D eigenvalue weighted by Gasteiger charge is -2.32. The Morgan fingerprint density at radius 1 is 1.25 bits per heavy atom. The Labute approximate surface area is 106 Å². The van der Waals surface area contributed by atoms with Gasteiger partial charge in [0.15, 0.2) is 0 Å². The monoisotopic (exact) mass is 244 g/mol. The zero-order chi connectivity index (χ0) is 11.6. The van der Waals surface area contributed by atoms with Crippen molar-refractivity contribution in [2.24, 2.45) is 0 Å². The molecule has 16 heavy (non-hydrogen) atoms. The van der Waals surface area contributed by atoms with E-state index in [-0.39, 0.29) is 0 Å². The van der Waals surface area contributed by atoms with Crippen LogP contribution in [0.2, 0.25) is 0 Å². The van der Waals surface area contributed by atoms with Crippen molar-refractivity contribution in [1.82, 2.24) is 10.2 Å². The number of thioether (sulfide) groups is 1. The Bertz CT molecular complexity index is 164. The Balaban J connectivity index is 1.90. The van der Waals surface area contributed by atoms with Crippen molar-refractivity contribution in [1.29, 1.82) is 0 Å². The summed E-state index contributed by atoms with van der Waals surface area (Å²) in [7, 11) is 0. The Morgan fingerprint density at radius 3 is 2.88 bits per heavy atom. The molecule has 1 heterocycles. The average molecular weight is 244 g/mol. The van der Waals surface area contributed by atoms with E-state index in [1.807, 2.05) is 0 Å². The van der Waals surface area contributed by atoms with Gasteiger partial charge in [-0.05, 0) is 45.8 Å². The molecule has 1 fully saturated rings. The minimum absolute atomic E-state index is 0.803. The molecule has 0 saturated carbocycles. The molecule has 96 valence electrons. The van der Waals surface area contributed by atoms with Gasteiger partial charge in [0, 0.05) is 24.1 Å². The first-order valence-corrected chi connectivity index (χ1v) is 8.02. The van der Waals surface area contributed by atoms with Crippen molar-refractivity contribution in [2.45, 2.75) is 45.6 Å². The van der Waals surface area contributed by atoms with E-state index in [2.05, 4.69) is 35.8 Å². The molecule has 0 aromatic carbocycles. The molecule has 1 saturated heterocycles. The molecule has 1 aliphatic rings. The zero-order valence-corrected chi connectivity index (χ0v) is 11.8. The van der Waals surface area contributed by atoms with E-state index in [4.69, 9.17) is 0 Å². The van der Waals surface area contributed by atoms with Gasteiger partial charge >= 0.3 is 0 Å². The van der Waals surface area contributed by atoms with Crippen molar-refractivity contribution >= 4 is 11.8 Å². The number of hydrogen-bond acceptors (Lipinski definition) is 3. The highest BCUT2D eigenvalue weighted by Crippen LogP contribution is 2.16. The van der Waals surface area contributed by atoms with E-state index in [0.717, 1.165) is 6.04 Å². The SMILES string of the molecule is CCCNCCCCCN1CCSCC1C. The first-order chi connectivity index (χ1) is 7.84. The summed E-state index contributed by atoms with van der Waals surface area (Å²) >= 11 is 2.11. The van der Waals surface area contributed by atoms with Gasteiger partial charge in [0.1, 0.15) is 0 Å². The Morgan fingerprint density at radius 2 is 2.12 bits per heavy atom. The van der Waals surface area contributed by atoms with Gasteiger partial charge in [0.2, 0.25) is 0 Å². The van der Waals surface area contributed by atoms with Crippen LogP contribution in [0.25, 0.3) is 0 Å². The first-order valence-electron chi connectivity index (χ1n) is 6.87. The normalized spacial score (nSPS) is 22.5. The molecule has 0 aromatic rings. The average Bonchev–Trinajstić information content (AvgIpc) is 2.30. The molecule has 0 aromatic heterocycles. The van der Waals surface area contributed by atoms with Crippen LogP contribution in [0.1, 0.15) is 39.5 Å². The van der Waals surface area contributed by atoms with Gasteiger partial charge in [-0.3, -0.25) is 4.90 Å². The standard InChI is InChI=1S/C13H28N2S/c1-3-7-14-8-5-4-6-9-15-10-11-16-12-13(15)2/h13-14H,3-12H2,1-2H3. The molecule has 1 unspecified atom stereocenters. The summed E-state index contributed by atoms with van der Waals surface area (Å²) in [4.78, 5) is 2.66. The van der Waals surface area contributed by atoms with Gasteiger partial charge in [-0.15, -0.1) is 0 Å². The molecule has 0 spiro atoms. The summed E-state index contributed by atoms with van der Waals surface area (Å²) in [5, 5.41) is 3.47. The van der Waals surface area contributed by atoms with Crippen molar-refractivity contribution in [2.75, 3.05) is 37.7 Å². The molecule has 0 aliphatic carbocycles. The second-order valence-corrected chi connectivity index (χ2v) is 5.92. The smallest absolute Gasteiger partial charge is 0.0158 e. The summed E-state index contributed by atoms with van der Waals surface area (Å²) in [6.45, 7) is 9.60. The van der Waals surface area contributed by atoms with Crippen LogP contribution < -0.4 is 5.32 Å². The van der Waals surface area contributed by atoms with Crippen LogP contribution in [0.4, 0.5) is 0 Å². The molecule has 1 N–H and O–H groups in total. The van der Waals surface area contributed by atoms with Crippen LogP contribution in [0.5, 0.6) is 0 Å². The maximum Gasteiger partial charge on any atom is 0.0158 e. The third kappa shape index (κ3) is 6.12. The first kappa shape index (κ1) is 14.3. The zero-order valence-electron chi connectivity index (χ0n) is 11.0. The van der Waals surface area contributed by atoms with Gasteiger partial charge < -0.3 is 5.32 Å². The summed E-state index contributed by atoms with van der Waals surface area (Å²) in [5.74, 6) is 2.67. The highest BCUT2D eigenvalue weighted by Gasteiger charge is 2.17. The number of hydrogen-bond donors (Lipinski definition) is 1. The molecule has 2 nitrogen and oxygen atoms in total. The van der Waals surface area contributed by atoms with E-state index in [9.17, 15) is 0 Å². The molecular formula is C13H28N2S. The number of unbranched alkanes of at least 4 members (excludes halogenated alkanes) is 2. The van der Waals surface area contributed by atoms with Crippen molar-refractivity contribution in [3.63, 3.8) is 0 Å². The van der Waals surface area contributed by atoms with Crippen LogP contribution in [-0.2, 0) is 0 Å². The molecular weight excluding hydrogens is 216 g/mol. The summed E-state index contributed by atoms with van der Waals surface area (Å²) < 4.78 is 0. The van der Waals surface area contributed by atoms with E-state index in [1.54, 1.807) is 0 Å². The van der Waals surface area contributed by atoms with E-state index >= 15 is 0 Å². The van der Waals surface area contributed by atoms with Gasteiger partial charge in [0.25, 0.3) is 0 Å². The summed E-state index contributed by atoms with van der Waals surface area (Å²) in [6, 6.07) is 0.803. The lowest BCUT2D eigenvalue weighted by atomic mass is 10.2. The van der Waals surface area contributed by atoms with Crippen LogP contribution in [0.3, 0.4) is 0 Å². The van der Waals surface area contributed by atoms with Crippen LogP contribution in [0, 0.1) is 0 Å². The number of nitrogens with one attached hydrogen (secondary N) is 1.